The molecule has 0 saturated carbocycles. The molecule has 1 aromatic carbocycles. The van der Waals surface area contributed by atoms with Gasteiger partial charge in [0.05, 0.1) is 22.3 Å². The Morgan fingerprint density at radius 3 is 2.84 bits per heavy atom. The van der Waals surface area contributed by atoms with Crippen molar-refractivity contribution < 1.29 is 4.79 Å². The van der Waals surface area contributed by atoms with Gasteiger partial charge in [0.25, 0.3) is 0 Å². The zero-order valence-electron chi connectivity index (χ0n) is 11.4. The van der Waals surface area contributed by atoms with Crippen molar-refractivity contribution in [3.05, 3.63) is 30.1 Å². The van der Waals surface area contributed by atoms with Gasteiger partial charge >= 0.3 is 0 Å². The first-order valence-corrected chi connectivity index (χ1v) is 7.72. The molecule has 2 aromatic rings. The number of H-pyrrole nitrogens is 1. The summed E-state index contributed by atoms with van der Waals surface area (Å²) in [5, 5.41) is 3.01. The van der Waals surface area contributed by atoms with Crippen LogP contribution < -0.4 is 5.32 Å². The molecule has 0 spiro atoms. The van der Waals surface area contributed by atoms with Gasteiger partial charge in [-0.05, 0) is 31.7 Å². The van der Waals surface area contributed by atoms with Crippen LogP contribution in [-0.2, 0) is 4.79 Å². The number of hydrogen-bond acceptors (Lipinski definition) is 3. The van der Waals surface area contributed by atoms with Crippen molar-refractivity contribution in [1.29, 1.82) is 0 Å². The first kappa shape index (κ1) is 13.9. The Bertz CT molecular complexity index is 530. The van der Waals surface area contributed by atoms with Crippen LogP contribution in [0.25, 0.3) is 11.0 Å². The fourth-order valence-corrected chi connectivity index (χ4v) is 2.63. The molecule has 0 aliphatic rings. The molecule has 0 fully saturated rings. The van der Waals surface area contributed by atoms with Crippen LogP contribution in [0.1, 0.15) is 32.1 Å². The first-order chi connectivity index (χ1) is 9.15. The van der Waals surface area contributed by atoms with Crippen molar-refractivity contribution >= 4 is 28.7 Å². The Kier molecular flexibility index (Phi) is 4.47. The maximum Gasteiger partial charge on any atom is 0.233 e. The number of nitrogens with one attached hydrogen (secondary N) is 2. The average Bonchev–Trinajstić information content (AvgIpc) is 2.84. The highest BCUT2D eigenvalue weighted by Crippen LogP contribution is 2.17. The topological polar surface area (TPSA) is 57.8 Å². The van der Waals surface area contributed by atoms with Crippen LogP contribution in [0.3, 0.4) is 0 Å². The molecule has 0 aliphatic carbocycles. The molecule has 0 unspecified atom stereocenters. The number of aromatic amines is 1. The minimum absolute atomic E-state index is 0.00632. The van der Waals surface area contributed by atoms with E-state index in [1.807, 2.05) is 44.4 Å². The highest BCUT2D eigenvalue weighted by Gasteiger charge is 2.19. The normalized spacial score (nSPS) is 14.3. The highest BCUT2D eigenvalue weighted by atomic mass is 32.2. The predicted octanol–water partition coefficient (Wildman–Crippen LogP) is 2.88. The lowest BCUT2D eigenvalue weighted by Gasteiger charge is -2.16. The van der Waals surface area contributed by atoms with Gasteiger partial charge in [0.2, 0.25) is 5.91 Å². The summed E-state index contributed by atoms with van der Waals surface area (Å²) in [6, 6.07) is 7.75. The third kappa shape index (κ3) is 3.10. The number of carbonyl (C=O) groups is 1. The maximum absolute atomic E-state index is 12.0. The Labute approximate surface area is 117 Å². The second kappa shape index (κ2) is 6.10. The number of fused-ring (bicyclic) bond motifs is 1. The molecule has 0 radical (unpaired) electrons. The van der Waals surface area contributed by atoms with Gasteiger partial charge in [-0.3, -0.25) is 4.79 Å². The second-order valence-corrected chi connectivity index (χ2v) is 5.54. The lowest BCUT2D eigenvalue weighted by Crippen LogP contribution is -2.34. The molecule has 2 atom stereocenters. The highest BCUT2D eigenvalue weighted by molar-refractivity contribution is 7.99. The van der Waals surface area contributed by atoms with Crippen LogP contribution in [0.4, 0.5) is 0 Å². The molecule has 1 amide bonds. The van der Waals surface area contributed by atoms with E-state index in [9.17, 15) is 4.79 Å². The summed E-state index contributed by atoms with van der Waals surface area (Å²) < 4.78 is 0. The van der Waals surface area contributed by atoms with E-state index in [0.29, 0.717) is 0 Å². The number of aromatic nitrogens is 2. The molecule has 5 heteroatoms. The van der Waals surface area contributed by atoms with Crippen molar-refractivity contribution in [2.45, 2.75) is 31.6 Å². The van der Waals surface area contributed by atoms with Crippen LogP contribution in [0.2, 0.25) is 0 Å². The van der Waals surface area contributed by atoms with E-state index < -0.39 is 0 Å². The van der Waals surface area contributed by atoms with Crippen molar-refractivity contribution in [1.82, 2.24) is 15.3 Å². The predicted molar refractivity (Wildman–Crippen MR) is 80.2 cm³/mol. The van der Waals surface area contributed by atoms with Gasteiger partial charge in [0, 0.05) is 0 Å². The molecule has 4 nitrogen and oxygen atoms in total. The summed E-state index contributed by atoms with van der Waals surface area (Å²) in [5.41, 5.74) is 1.92. The molecule has 2 N–H and O–H groups in total. The third-order valence-electron chi connectivity index (χ3n) is 3.12. The second-order valence-electron chi connectivity index (χ2n) is 4.50. The van der Waals surface area contributed by atoms with Crippen LogP contribution in [0, 0.1) is 0 Å². The standard InChI is InChI=1S/C14H19N3OS/c1-4-12(19-3)14(18)15-9(2)13-16-10-7-5-6-8-11(10)17-13/h5-9,12H,4H2,1-3H3,(H,15,18)(H,16,17)/t9-,12+/m0/s1. The van der Waals surface area contributed by atoms with Gasteiger partial charge < -0.3 is 10.3 Å². The number of para-hydroxylation sites is 2. The first-order valence-electron chi connectivity index (χ1n) is 6.43. The number of thioether (sulfide) groups is 1. The molecule has 0 saturated heterocycles. The minimum atomic E-state index is -0.110. The lowest BCUT2D eigenvalue weighted by molar-refractivity contribution is -0.121. The Hall–Kier alpha value is -1.49. The van der Waals surface area contributed by atoms with Gasteiger partial charge in [0.1, 0.15) is 5.82 Å². The number of carbonyl (C=O) groups excluding carboxylic acids is 1. The monoisotopic (exact) mass is 277 g/mol. The molecule has 2 rings (SSSR count). The summed E-state index contributed by atoms with van der Waals surface area (Å²) in [6.45, 7) is 3.97. The smallest absolute Gasteiger partial charge is 0.233 e. The summed E-state index contributed by atoms with van der Waals surface area (Å²) >= 11 is 1.58. The van der Waals surface area contributed by atoms with Crippen molar-refractivity contribution in [3.8, 4) is 0 Å². The number of nitrogens with zero attached hydrogens (tertiary/aromatic N) is 1. The summed E-state index contributed by atoms with van der Waals surface area (Å²) in [7, 11) is 0. The number of benzene rings is 1. The zero-order valence-corrected chi connectivity index (χ0v) is 12.3. The quantitative estimate of drug-likeness (QED) is 0.883. The SMILES string of the molecule is CC[C@@H](SC)C(=O)N[C@@H](C)c1nc2ccccc2[nH]1. The van der Waals surface area contributed by atoms with E-state index in [1.54, 1.807) is 11.8 Å². The van der Waals surface area contributed by atoms with Gasteiger partial charge in [0.15, 0.2) is 0 Å². The summed E-state index contributed by atoms with van der Waals surface area (Å²) in [5.74, 6) is 0.869. The molecular weight excluding hydrogens is 258 g/mol. The Morgan fingerprint density at radius 2 is 2.21 bits per heavy atom. The molecule has 102 valence electrons. The molecule has 0 aliphatic heterocycles. The Balaban J connectivity index is 2.11. The minimum Gasteiger partial charge on any atom is -0.345 e. The maximum atomic E-state index is 12.0. The van der Waals surface area contributed by atoms with Crippen molar-refractivity contribution in [2.75, 3.05) is 6.26 Å². The molecule has 19 heavy (non-hydrogen) atoms. The summed E-state index contributed by atoms with van der Waals surface area (Å²) in [4.78, 5) is 19.8. The number of hydrogen-bond donors (Lipinski definition) is 2. The third-order valence-corrected chi connectivity index (χ3v) is 4.24. The zero-order chi connectivity index (χ0) is 13.8. The number of rotatable bonds is 5. The fourth-order valence-electron chi connectivity index (χ4n) is 2.01. The average molecular weight is 277 g/mol. The van der Waals surface area contributed by atoms with Crippen LogP contribution >= 0.6 is 11.8 Å². The molecule has 1 heterocycles. The van der Waals surface area contributed by atoms with E-state index in [-0.39, 0.29) is 17.2 Å². The van der Waals surface area contributed by atoms with E-state index in [0.717, 1.165) is 23.3 Å². The molecule has 0 bridgehead atoms. The van der Waals surface area contributed by atoms with Crippen LogP contribution in [-0.4, -0.2) is 27.4 Å². The van der Waals surface area contributed by atoms with Crippen LogP contribution in [0.5, 0.6) is 0 Å². The number of imidazole rings is 1. The van der Waals surface area contributed by atoms with Gasteiger partial charge in [-0.25, -0.2) is 4.98 Å². The largest absolute Gasteiger partial charge is 0.345 e. The summed E-state index contributed by atoms with van der Waals surface area (Å²) in [6.07, 6.45) is 2.79. The van der Waals surface area contributed by atoms with Gasteiger partial charge in [-0.1, -0.05) is 19.1 Å². The lowest BCUT2D eigenvalue weighted by atomic mass is 10.2. The fraction of sp³-hybridized carbons (Fsp3) is 0.429. The van der Waals surface area contributed by atoms with Crippen molar-refractivity contribution in [2.24, 2.45) is 0 Å². The van der Waals surface area contributed by atoms with E-state index >= 15 is 0 Å². The van der Waals surface area contributed by atoms with E-state index in [1.165, 1.54) is 0 Å². The van der Waals surface area contributed by atoms with Crippen LogP contribution in [0.15, 0.2) is 24.3 Å². The molecule has 1 aromatic heterocycles. The number of amides is 1. The molecular formula is C14H19N3OS. The Morgan fingerprint density at radius 1 is 1.47 bits per heavy atom. The van der Waals surface area contributed by atoms with Gasteiger partial charge in [-0.15, -0.1) is 0 Å². The van der Waals surface area contributed by atoms with E-state index in [4.69, 9.17) is 0 Å². The van der Waals surface area contributed by atoms with Gasteiger partial charge in [-0.2, -0.15) is 11.8 Å². The van der Waals surface area contributed by atoms with E-state index in [2.05, 4.69) is 15.3 Å². The van der Waals surface area contributed by atoms with Crippen molar-refractivity contribution in [3.63, 3.8) is 0 Å².